The number of hydrogen-bond acceptors (Lipinski definition) is 4. The van der Waals surface area contributed by atoms with Crippen molar-refractivity contribution >= 4 is 23.4 Å². The number of alkyl halides is 3. The zero-order valence-electron chi connectivity index (χ0n) is 17.5. The topological polar surface area (TPSA) is 80.6 Å². The van der Waals surface area contributed by atoms with Crippen molar-refractivity contribution in [3.8, 4) is 5.75 Å². The number of nitrogens with zero attached hydrogens (tertiary/aromatic N) is 1. The molecular formula is C22H22ClF3N2O4. The number of benzene rings is 1. The molecule has 10 heteroatoms. The number of fused-ring (bicyclic) bond motifs is 2. The lowest BCUT2D eigenvalue weighted by atomic mass is 9.74. The van der Waals surface area contributed by atoms with Gasteiger partial charge in [0, 0.05) is 28.9 Å². The Morgan fingerprint density at radius 2 is 1.97 bits per heavy atom. The molecule has 0 radical (unpaired) electrons. The number of carbonyl (C=O) groups is 2. The van der Waals surface area contributed by atoms with E-state index in [2.05, 4.69) is 5.32 Å². The number of ether oxygens (including phenoxy) is 1. The molecule has 0 bridgehead atoms. The van der Waals surface area contributed by atoms with Crippen LogP contribution in [0.15, 0.2) is 24.4 Å². The quantitative estimate of drug-likeness (QED) is 0.655. The molecule has 2 amide bonds. The van der Waals surface area contributed by atoms with Crippen molar-refractivity contribution < 1.29 is 32.6 Å². The fourth-order valence-electron chi connectivity index (χ4n) is 4.57. The number of aromatic nitrogens is 1. The second-order valence-electron chi connectivity index (χ2n) is 8.99. The molecule has 0 saturated heterocycles. The van der Waals surface area contributed by atoms with Gasteiger partial charge < -0.3 is 14.4 Å². The molecule has 172 valence electrons. The highest BCUT2D eigenvalue weighted by Gasteiger charge is 2.56. The molecule has 2 aliphatic heterocycles. The van der Waals surface area contributed by atoms with Gasteiger partial charge in [-0.3, -0.25) is 14.9 Å². The highest BCUT2D eigenvalue weighted by atomic mass is 35.5. The summed E-state index contributed by atoms with van der Waals surface area (Å²) in [5, 5.41) is 13.5. The molecular weight excluding hydrogens is 449 g/mol. The van der Waals surface area contributed by atoms with E-state index in [0.29, 0.717) is 29.4 Å². The van der Waals surface area contributed by atoms with Gasteiger partial charge in [0.05, 0.1) is 25.1 Å². The van der Waals surface area contributed by atoms with Crippen molar-refractivity contribution in [2.45, 2.75) is 56.8 Å². The van der Waals surface area contributed by atoms with E-state index in [4.69, 9.17) is 16.3 Å². The SMILES string of the molecule is CC(C)(CC(O)(Cn1ccc2c1CC(=O)NC2=O)C(F)(F)F)c1cc(Cl)cc2c1OCC2. The third-order valence-electron chi connectivity index (χ3n) is 6.08. The summed E-state index contributed by atoms with van der Waals surface area (Å²) in [6, 6.07) is 4.65. The standard InChI is InChI=1S/C22H22ClF3N2O4/c1-20(2,15-8-13(23)7-12-4-6-32-18(12)15)10-21(31,22(24,25)26)11-28-5-3-14-16(28)9-17(29)27-19(14)30/h3,5,7-8,31H,4,6,9-11H2,1-2H3,(H,27,29,30). The van der Waals surface area contributed by atoms with Crippen LogP contribution in [0.4, 0.5) is 13.2 Å². The largest absolute Gasteiger partial charge is 0.493 e. The summed E-state index contributed by atoms with van der Waals surface area (Å²) < 4.78 is 49.4. The summed E-state index contributed by atoms with van der Waals surface area (Å²) in [6.07, 6.45) is -4.03. The lowest BCUT2D eigenvalue weighted by Gasteiger charge is -2.39. The average Bonchev–Trinajstić information content (AvgIpc) is 3.26. The molecule has 0 saturated carbocycles. The van der Waals surface area contributed by atoms with Crippen molar-refractivity contribution in [3.05, 3.63) is 51.8 Å². The second kappa shape index (κ2) is 7.52. The van der Waals surface area contributed by atoms with Crippen molar-refractivity contribution in [1.29, 1.82) is 0 Å². The van der Waals surface area contributed by atoms with E-state index in [1.54, 1.807) is 26.0 Å². The normalized spacial score (nSPS) is 18.0. The summed E-state index contributed by atoms with van der Waals surface area (Å²) in [6.45, 7) is 2.74. The van der Waals surface area contributed by atoms with Gasteiger partial charge in [0.2, 0.25) is 5.91 Å². The monoisotopic (exact) mass is 470 g/mol. The van der Waals surface area contributed by atoms with Crippen LogP contribution in [0.1, 0.15) is 47.4 Å². The summed E-state index contributed by atoms with van der Waals surface area (Å²) in [7, 11) is 0. The number of halogens is 4. The molecule has 1 aromatic heterocycles. The molecule has 2 aromatic rings. The van der Waals surface area contributed by atoms with Crippen LogP contribution in [-0.4, -0.2) is 39.9 Å². The molecule has 3 heterocycles. The van der Waals surface area contributed by atoms with E-state index in [1.165, 1.54) is 12.3 Å². The van der Waals surface area contributed by atoms with Gasteiger partial charge >= 0.3 is 6.18 Å². The molecule has 0 spiro atoms. The van der Waals surface area contributed by atoms with Crippen LogP contribution in [0.5, 0.6) is 5.75 Å². The van der Waals surface area contributed by atoms with Crippen molar-refractivity contribution in [1.82, 2.24) is 9.88 Å². The Morgan fingerprint density at radius 3 is 2.66 bits per heavy atom. The van der Waals surface area contributed by atoms with Crippen LogP contribution < -0.4 is 10.1 Å². The number of nitrogens with one attached hydrogen (secondary N) is 1. The zero-order chi connectivity index (χ0) is 23.5. The molecule has 1 atom stereocenters. The minimum atomic E-state index is -4.98. The molecule has 2 N–H and O–H groups in total. The molecule has 1 unspecified atom stereocenters. The van der Waals surface area contributed by atoms with E-state index in [9.17, 15) is 27.9 Å². The molecule has 0 fully saturated rings. The minimum absolute atomic E-state index is 0.120. The predicted molar refractivity (Wildman–Crippen MR) is 110 cm³/mol. The number of carbonyl (C=O) groups excluding carboxylic acids is 2. The highest BCUT2D eigenvalue weighted by Crippen LogP contribution is 2.47. The van der Waals surface area contributed by atoms with Gasteiger partial charge in [0.1, 0.15) is 5.75 Å². The molecule has 2 aliphatic rings. The predicted octanol–water partition coefficient (Wildman–Crippen LogP) is 3.55. The number of aliphatic hydroxyl groups is 1. The van der Waals surface area contributed by atoms with Crippen LogP contribution >= 0.6 is 11.6 Å². The number of imide groups is 1. The maximum atomic E-state index is 14.2. The van der Waals surface area contributed by atoms with Crippen LogP contribution in [0.2, 0.25) is 5.02 Å². The molecule has 0 aliphatic carbocycles. The maximum absolute atomic E-state index is 14.2. The van der Waals surface area contributed by atoms with Crippen LogP contribution in [-0.2, 0) is 29.6 Å². The van der Waals surface area contributed by atoms with Gasteiger partial charge in [-0.2, -0.15) is 13.2 Å². The zero-order valence-corrected chi connectivity index (χ0v) is 18.2. The van der Waals surface area contributed by atoms with Gasteiger partial charge in [-0.15, -0.1) is 0 Å². The van der Waals surface area contributed by atoms with Crippen LogP contribution in [0.3, 0.4) is 0 Å². The summed E-state index contributed by atoms with van der Waals surface area (Å²) in [5.74, 6) is -0.771. The van der Waals surface area contributed by atoms with E-state index in [0.717, 1.165) is 10.1 Å². The molecule has 6 nitrogen and oxygen atoms in total. The third kappa shape index (κ3) is 3.88. The van der Waals surface area contributed by atoms with E-state index >= 15 is 0 Å². The fourth-order valence-corrected chi connectivity index (χ4v) is 4.81. The lowest BCUT2D eigenvalue weighted by Crippen LogP contribution is -2.52. The number of hydrogen-bond donors (Lipinski definition) is 2. The molecule has 32 heavy (non-hydrogen) atoms. The summed E-state index contributed by atoms with van der Waals surface area (Å²) in [4.78, 5) is 23.7. The van der Waals surface area contributed by atoms with Crippen molar-refractivity contribution in [2.75, 3.05) is 6.61 Å². The Labute approximate surface area is 187 Å². The minimum Gasteiger partial charge on any atom is -0.493 e. The number of rotatable bonds is 5. The van der Waals surface area contributed by atoms with E-state index in [-0.39, 0.29) is 17.7 Å². The Morgan fingerprint density at radius 1 is 1.25 bits per heavy atom. The first-order valence-corrected chi connectivity index (χ1v) is 10.5. The van der Waals surface area contributed by atoms with Crippen LogP contribution in [0, 0.1) is 0 Å². The van der Waals surface area contributed by atoms with Crippen molar-refractivity contribution in [3.63, 3.8) is 0 Å². The van der Waals surface area contributed by atoms with Gasteiger partial charge in [0.15, 0.2) is 5.60 Å². The summed E-state index contributed by atoms with van der Waals surface area (Å²) >= 11 is 6.20. The maximum Gasteiger partial charge on any atom is 0.418 e. The van der Waals surface area contributed by atoms with Gasteiger partial charge in [0.25, 0.3) is 5.91 Å². The van der Waals surface area contributed by atoms with Gasteiger partial charge in [-0.25, -0.2) is 0 Å². The van der Waals surface area contributed by atoms with E-state index in [1.807, 2.05) is 0 Å². The highest BCUT2D eigenvalue weighted by molar-refractivity contribution is 6.30. The Kier molecular flexibility index (Phi) is 5.33. The smallest absolute Gasteiger partial charge is 0.418 e. The van der Waals surface area contributed by atoms with E-state index < -0.39 is 42.0 Å². The summed E-state index contributed by atoms with van der Waals surface area (Å²) in [5.41, 5.74) is -2.73. The Bertz CT molecular complexity index is 1110. The first-order valence-electron chi connectivity index (χ1n) is 10.1. The Balaban J connectivity index is 1.71. The van der Waals surface area contributed by atoms with Crippen molar-refractivity contribution in [2.24, 2.45) is 0 Å². The first-order chi connectivity index (χ1) is 14.8. The lowest BCUT2D eigenvalue weighted by molar-refractivity contribution is -0.271. The Hall–Kier alpha value is -2.52. The van der Waals surface area contributed by atoms with Crippen LogP contribution in [0.25, 0.3) is 0 Å². The fraction of sp³-hybridized carbons (Fsp3) is 0.455. The van der Waals surface area contributed by atoms with Gasteiger partial charge in [-0.1, -0.05) is 25.4 Å². The number of amides is 2. The molecule has 1 aromatic carbocycles. The molecule has 4 rings (SSSR count). The average molecular weight is 471 g/mol. The second-order valence-corrected chi connectivity index (χ2v) is 9.42. The third-order valence-corrected chi connectivity index (χ3v) is 6.29. The van der Waals surface area contributed by atoms with Gasteiger partial charge in [-0.05, 0) is 35.6 Å². The first kappa shape index (κ1) is 22.7.